The molecule has 1 unspecified atom stereocenters. The Bertz CT molecular complexity index is 456. The largest absolute Gasteiger partial charge is 0.497 e. The lowest BCUT2D eigenvalue weighted by molar-refractivity contribution is -0.0372. The Hall–Kier alpha value is -1.10. The monoisotopic (exact) mass is 305 g/mol. The van der Waals surface area contributed by atoms with Crippen molar-refractivity contribution in [1.29, 1.82) is 0 Å². The van der Waals surface area contributed by atoms with Crippen LogP contribution >= 0.6 is 0 Å². The lowest BCUT2D eigenvalue weighted by Crippen LogP contribution is -2.49. The lowest BCUT2D eigenvalue weighted by atomic mass is 9.78. The average molecular weight is 305 g/mol. The number of benzene rings is 1. The molecule has 0 amide bonds. The van der Waals surface area contributed by atoms with Crippen LogP contribution in [0.5, 0.6) is 5.75 Å². The van der Waals surface area contributed by atoms with Crippen LogP contribution in [0.3, 0.4) is 0 Å². The van der Waals surface area contributed by atoms with Crippen molar-refractivity contribution < 1.29 is 14.6 Å². The first-order chi connectivity index (χ1) is 10.8. The van der Waals surface area contributed by atoms with Crippen molar-refractivity contribution in [2.24, 2.45) is 5.92 Å². The van der Waals surface area contributed by atoms with Gasteiger partial charge in [-0.1, -0.05) is 25.0 Å². The predicted octanol–water partition coefficient (Wildman–Crippen LogP) is 2.62. The highest BCUT2D eigenvalue weighted by molar-refractivity contribution is 5.29. The second-order valence-corrected chi connectivity index (χ2v) is 6.38. The highest BCUT2D eigenvalue weighted by Crippen LogP contribution is 2.37. The topological polar surface area (TPSA) is 41.9 Å². The van der Waals surface area contributed by atoms with E-state index in [4.69, 9.17) is 9.47 Å². The first kappa shape index (κ1) is 15.8. The van der Waals surface area contributed by atoms with Crippen molar-refractivity contribution in [3.8, 4) is 5.75 Å². The summed E-state index contributed by atoms with van der Waals surface area (Å²) in [5.74, 6) is 1.16. The van der Waals surface area contributed by atoms with Gasteiger partial charge in [0.2, 0.25) is 0 Å². The van der Waals surface area contributed by atoms with Gasteiger partial charge in [-0.3, -0.25) is 4.90 Å². The molecule has 1 saturated carbocycles. The SMILES string of the molecule is COc1ccc(C(O)[C@@H]2CCCC[C@@H]2N2CCOCC2)cc1. The standard InChI is InChI=1S/C18H27NO3/c1-21-15-8-6-14(7-9-15)18(20)16-4-2-3-5-17(16)19-10-12-22-13-11-19/h6-9,16-18,20H,2-5,10-13H2,1H3/t16-,17+,18?/m1/s1. The molecule has 22 heavy (non-hydrogen) atoms. The molecule has 4 heteroatoms. The van der Waals surface area contributed by atoms with E-state index in [9.17, 15) is 5.11 Å². The molecule has 1 heterocycles. The number of nitrogens with zero attached hydrogens (tertiary/aromatic N) is 1. The van der Waals surface area contributed by atoms with Gasteiger partial charge in [0.25, 0.3) is 0 Å². The van der Waals surface area contributed by atoms with Crippen molar-refractivity contribution >= 4 is 0 Å². The van der Waals surface area contributed by atoms with Crippen LogP contribution in [0.4, 0.5) is 0 Å². The maximum atomic E-state index is 10.9. The molecule has 1 aliphatic heterocycles. The third-order valence-electron chi connectivity index (χ3n) is 5.16. The van der Waals surface area contributed by atoms with Crippen LogP contribution < -0.4 is 4.74 Å². The second kappa shape index (κ2) is 7.44. The molecule has 1 saturated heterocycles. The fraction of sp³-hybridized carbons (Fsp3) is 0.667. The predicted molar refractivity (Wildman–Crippen MR) is 86.1 cm³/mol. The van der Waals surface area contributed by atoms with E-state index in [1.54, 1.807) is 7.11 Å². The normalized spacial score (nSPS) is 28.3. The van der Waals surface area contributed by atoms with Gasteiger partial charge in [0.05, 0.1) is 26.4 Å². The summed E-state index contributed by atoms with van der Waals surface area (Å²) < 4.78 is 10.7. The van der Waals surface area contributed by atoms with Crippen LogP contribution in [0.1, 0.15) is 37.4 Å². The Kier molecular flexibility index (Phi) is 5.34. The van der Waals surface area contributed by atoms with Gasteiger partial charge >= 0.3 is 0 Å². The minimum absolute atomic E-state index is 0.320. The summed E-state index contributed by atoms with van der Waals surface area (Å²) in [4.78, 5) is 2.53. The maximum Gasteiger partial charge on any atom is 0.118 e. The number of hydrogen-bond donors (Lipinski definition) is 1. The molecule has 3 atom stereocenters. The number of methoxy groups -OCH3 is 1. The van der Waals surface area contributed by atoms with E-state index in [0.29, 0.717) is 12.0 Å². The van der Waals surface area contributed by atoms with E-state index in [1.807, 2.05) is 24.3 Å². The molecule has 1 aliphatic carbocycles. The van der Waals surface area contributed by atoms with Gasteiger partial charge in [-0.05, 0) is 30.5 Å². The van der Waals surface area contributed by atoms with Gasteiger partial charge < -0.3 is 14.6 Å². The van der Waals surface area contributed by atoms with Crippen LogP contribution in [-0.4, -0.2) is 49.5 Å². The molecule has 0 spiro atoms. The molecule has 122 valence electrons. The van der Waals surface area contributed by atoms with Gasteiger partial charge in [0, 0.05) is 25.0 Å². The third kappa shape index (κ3) is 3.45. The van der Waals surface area contributed by atoms with Gasteiger partial charge in [-0.25, -0.2) is 0 Å². The first-order valence-electron chi connectivity index (χ1n) is 8.43. The highest BCUT2D eigenvalue weighted by atomic mass is 16.5. The Morgan fingerprint density at radius 2 is 1.82 bits per heavy atom. The summed E-state index contributed by atoms with van der Waals surface area (Å²) in [5, 5.41) is 10.9. The minimum Gasteiger partial charge on any atom is -0.497 e. The molecule has 3 rings (SSSR count). The molecule has 2 aliphatic rings. The summed E-state index contributed by atoms with van der Waals surface area (Å²) in [6.07, 6.45) is 4.40. The molecular weight excluding hydrogens is 278 g/mol. The van der Waals surface area contributed by atoms with Crippen molar-refractivity contribution in [3.05, 3.63) is 29.8 Å². The zero-order chi connectivity index (χ0) is 15.4. The minimum atomic E-state index is -0.390. The molecule has 2 fully saturated rings. The Labute approximate surface area is 133 Å². The molecule has 1 aromatic rings. The summed E-state index contributed by atoms with van der Waals surface area (Å²) >= 11 is 0. The van der Waals surface area contributed by atoms with E-state index in [-0.39, 0.29) is 6.10 Å². The van der Waals surface area contributed by atoms with E-state index < -0.39 is 0 Å². The van der Waals surface area contributed by atoms with Crippen LogP contribution in [0.15, 0.2) is 24.3 Å². The molecular formula is C18H27NO3. The van der Waals surface area contributed by atoms with Crippen molar-refractivity contribution in [3.63, 3.8) is 0 Å². The number of ether oxygens (including phenoxy) is 2. The highest BCUT2D eigenvalue weighted by Gasteiger charge is 2.35. The van der Waals surface area contributed by atoms with Gasteiger partial charge in [0.1, 0.15) is 5.75 Å². The number of aliphatic hydroxyl groups is 1. The summed E-state index contributed by atoms with van der Waals surface area (Å²) in [6, 6.07) is 8.34. The number of aliphatic hydroxyl groups excluding tert-OH is 1. The number of morpholine rings is 1. The van der Waals surface area contributed by atoms with Crippen molar-refractivity contribution in [2.75, 3.05) is 33.4 Å². The zero-order valence-corrected chi connectivity index (χ0v) is 13.4. The lowest BCUT2D eigenvalue weighted by Gasteiger charge is -2.43. The summed E-state index contributed by atoms with van der Waals surface area (Å²) in [7, 11) is 1.67. The van der Waals surface area contributed by atoms with E-state index in [1.165, 1.54) is 19.3 Å². The zero-order valence-electron chi connectivity index (χ0n) is 13.4. The Balaban J connectivity index is 1.73. The van der Waals surface area contributed by atoms with Crippen LogP contribution in [0.25, 0.3) is 0 Å². The third-order valence-corrected chi connectivity index (χ3v) is 5.16. The summed E-state index contributed by atoms with van der Waals surface area (Å²) in [6.45, 7) is 3.64. The first-order valence-corrected chi connectivity index (χ1v) is 8.43. The van der Waals surface area contributed by atoms with Crippen molar-refractivity contribution in [2.45, 2.75) is 37.8 Å². The van der Waals surface area contributed by atoms with Crippen molar-refractivity contribution in [1.82, 2.24) is 4.90 Å². The fourth-order valence-electron chi connectivity index (χ4n) is 3.92. The molecule has 0 radical (unpaired) electrons. The van der Waals surface area contributed by atoms with E-state index in [0.717, 1.165) is 44.0 Å². The van der Waals surface area contributed by atoms with Gasteiger partial charge in [-0.15, -0.1) is 0 Å². The molecule has 0 bridgehead atoms. The van der Waals surface area contributed by atoms with Crippen LogP contribution in [0.2, 0.25) is 0 Å². The van der Waals surface area contributed by atoms with E-state index in [2.05, 4.69) is 4.90 Å². The number of rotatable bonds is 4. The Morgan fingerprint density at radius 1 is 1.14 bits per heavy atom. The molecule has 1 N–H and O–H groups in total. The van der Waals surface area contributed by atoms with Crippen LogP contribution in [-0.2, 0) is 4.74 Å². The molecule has 1 aromatic carbocycles. The Morgan fingerprint density at radius 3 is 2.50 bits per heavy atom. The molecule has 4 nitrogen and oxygen atoms in total. The average Bonchev–Trinajstić information content (AvgIpc) is 2.62. The number of hydrogen-bond acceptors (Lipinski definition) is 4. The molecule has 0 aromatic heterocycles. The quantitative estimate of drug-likeness (QED) is 0.928. The maximum absolute atomic E-state index is 10.9. The summed E-state index contributed by atoms with van der Waals surface area (Å²) in [5.41, 5.74) is 1.01. The fourth-order valence-corrected chi connectivity index (χ4v) is 3.92. The smallest absolute Gasteiger partial charge is 0.118 e. The second-order valence-electron chi connectivity index (χ2n) is 6.38. The van der Waals surface area contributed by atoms with E-state index >= 15 is 0 Å². The van der Waals surface area contributed by atoms with Gasteiger partial charge in [-0.2, -0.15) is 0 Å². The van der Waals surface area contributed by atoms with Crippen LogP contribution in [0, 0.1) is 5.92 Å². The van der Waals surface area contributed by atoms with Gasteiger partial charge in [0.15, 0.2) is 0 Å².